The zero-order chi connectivity index (χ0) is 22.4. The van der Waals surface area contributed by atoms with Gasteiger partial charge < -0.3 is 15.3 Å². The quantitative estimate of drug-likeness (QED) is 0.407. The Labute approximate surface area is 194 Å². The lowest BCUT2D eigenvalue weighted by atomic mass is 9.90. The van der Waals surface area contributed by atoms with Crippen LogP contribution in [0.25, 0.3) is 0 Å². The zero-order valence-corrected chi connectivity index (χ0v) is 20.2. The van der Waals surface area contributed by atoms with E-state index >= 15 is 0 Å². The summed E-state index contributed by atoms with van der Waals surface area (Å²) in [6, 6.07) is 6.86. The molecule has 1 heterocycles. The summed E-state index contributed by atoms with van der Waals surface area (Å²) in [5.74, 6) is -0.274. The fourth-order valence-corrected chi connectivity index (χ4v) is 5.19. The third-order valence-electron chi connectivity index (χ3n) is 5.94. The molecule has 1 aromatic heterocycles. The number of carbonyl (C=O) groups is 1. The van der Waals surface area contributed by atoms with Crippen molar-refractivity contribution < 1.29 is 9.90 Å². The number of carboxylic acids is 1. The number of nitrogens with one attached hydrogen (secondary N) is 1. The zero-order valence-electron chi connectivity index (χ0n) is 18.6. The van der Waals surface area contributed by atoms with Gasteiger partial charge in [0.1, 0.15) is 0 Å². The Balaban J connectivity index is 2.01. The summed E-state index contributed by atoms with van der Waals surface area (Å²) >= 11 is 7.18. The lowest BCUT2D eigenvalue weighted by Crippen LogP contribution is -2.39. The first-order valence-electron chi connectivity index (χ1n) is 11.3. The van der Waals surface area contributed by atoms with Gasteiger partial charge in [-0.2, -0.15) is 9.36 Å². The number of anilines is 3. The first-order valence-corrected chi connectivity index (χ1v) is 12.4. The Morgan fingerprint density at radius 2 is 2.06 bits per heavy atom. The molecule has 170 valence electrons. The van der Waals surface area contributed by atoms with Crippen LogP contribution in [0.15, 0.2) is 18.2 Å². The van der Waals surface area contributed by atoms with E-state index in [2.05, 4.69) is 51.6 Å². The number of rotatable bonds is 10. The van der Waals surface area contributed by atoms with Crippen molar-refractivity contribution in [3.05, 3.63) is 29.0 Å². The summed E-state index contributed by atoms with van der Waals surface area (Å²) in [5, 5.41) is 13.6. The first kappa shape index (κ1) is 23.8. The van der Waals surface area contributed by atoms with Crippen LogP contribution in [0.1, 0.15) is 77.2 Å². The molecule has 0 spiro atoms. The van der Waals surface area contributed by atoms with Crippen molar-refractivity contribution in [1.82, 2.24) is 9.36 Å². The molecule has 0 radical (unpaired) electrons. The van der Waals surface area contributed by atoms with Crippen molar-refractivity contribution in [2.75, 3.05) is 16.8 Å². The number of benzene rings is 1. The molecule has 1 saturated carbocycles. The molecule has 1 aliphatic carbocycles. The van der Waals surface area contributed by atoms with Crippen molar-refractivity contribution in [3.63, 3.8) is 0 Å². The Kier molecular flexibility index (Phi) is 8.55. The molecule has 0 bridgehead atoms. The SMILES string of the molecule is CC[C@H](CC(=O)O)c1ccc(N(CC(C)C)C2CCCCC2)c(Nc2nc(Cl)ns2)c1. The number of nitrogens with zero attached hydrogens (tertiary/aromatic N) is 3. The molecular formula is C23H33ClN4O2S. The molecule has 0 unspecified atom stereocenters. The van der Waals surface area contributed by atoms with Gasteiger partial charge in [0.15, 0.2) is 0 Å². The summed E-state index contributed by atoms with van der Waals surface area (Å²) in [5.41, 5.74) is 3.11. The topological polar surface area (TPSA) is 78.4 Å². The van der Waals surface area contributed by atoms with Gasteiger partial charge in [-0.05, 0) is 60.4 Å². The Bertz CT molecular complexity index is 867. The Morgan fingerprint density at radius 3 is 2.65 bits per heavy atom. The second-order valence-corrected chi connectivity index (χ2v) is 9.90. The number of hydrogen-bond acceptors (Lipinski definition) is 6. The molecule has 3 rings (SSSR count). The van der Waals surface area contributed by atoms with E-state index in [-0.39, 0.29) is 17.6 Å². The minimum atomic E-state index is -0.773. The predicted molar refractivity (Wildman–Crippen MR) is 129 cm³/mol. The van der Waals surface area contributed by atoms with Crippen LogP contribution in [0.4, 0.5) is 16.5 Å². The van der Waals surface area contributed by atoms with E-state index < -0.39 is 5.97 Å². The fourth-order valence-electron chi connectivity index (χ4n) is 4.47. The highest BCUT2D eigenvalue weighted by atomic mass is 35.5. The summed E-state index contributed by atoms with van der Waals surface area (Å²) in [4.78, 5) is 18.2. The fraction of sp³-hybridized carbons (Fsp3) is 0.609. The van der Waals surface area contributed by atoms with Crippen LogP contribution < -0.4 is 10.2 Å². The highest BCUT2D eigenvalue weighted by Crippen LogP contribution is 2.38. The molecule has 1 aliphatic rings. The van der Waals surface area contributed by atoms with Gasteiger partial charge in [0.2, 0.25) is 10.4 Å². The molecule has 2 N–H and O–H groups in total. The minimum absolute atomic E-state index is 0.0293. The molecular weight excluding hydrogens is 432 g/mol. The summed E-state index contributed by atoms with van der Waals surface area (Å²) in [7, 11) is 0. The summed E-state index contributed by atoms with van der Waals surface area (Å²) in [6.07, 6.45) is 7.15. The second-order valence-electron chi connectivity index (χ2n) is 8.81. The maximum Gasteiger partial charge on any atom is 0.303 e. The lowest BCUT2D eigenvalue weighted by molar-refractivity contribution is -0.137. The van der Waals surface area contributed by atoms with Gasteiger partial charge in [-0.1, -0.05) is 46.1 Å². The third kappa shape index (κ3) is 6.56. The van der Waals surface area contributed by atoms with Crippen molar-refractivity contribution in [2.45, 2.75) is 77.7 Å². The van der Waals surface area contributed by atoms with E-state index in [9.17, 15) is 9.90 Å². The van der Waals surface area contributed by atoms with Gasteiger partial charge in [-0.15, -0.1) is 0 Å². The van der Waals surface area contributed by atoms with Crippen LogP contribution in [0, 0.1) is 5.92 Å². The van der Waals surface area contributed by atoms with Crippen LogP contribution in [-0.4, -0.2) is 33.0 Å². The van der Waals surface area contributed by atoms with Crippen LogP contribution in [0.3, 0.4) is 0 Å². The van der Waals surface area contributed by atoms with E-state index in [0.29, 0.717) is 17.1 Å². The van der Waals surface area contributed by atoms with Crippen LogP contribution in [0.5, 0.6) is 0 Å². The van der Waals surface area contributed by atoms with Crippen molar-refractivity contribution >= 4 is 45.6 Å². The Morgan fingerprint density at radius 1 is 1.32 bits per heavy atom. The largest absolute Gasteiger partial charge is 0.481 e. The molecule has 1 atom stereocenters. The van der Waals surface area contributed by atoms with Gasteiger partial charge in [0.25, 0.3) is 0 Å². The van der Waals surface area contributed by atoms with Gasteiger partial charge in [0.05, 0.1) is 17.8 Å². The van der Waals surface area contributed by atoms with Crippen LogP contribution in [0.2, 0.25) is 5.28 Å². The van der Waals surface area contributed by atoms with E-state index in [1.165, 1.54) is 43.6 Å². The summed E-state index contributed by atoms with van der Waals surface area (Å²) in [6.45, 7) is 7.51. The molecule has 8 heteroatoms. The molecule has 2 aromatic rings. The molecule has 1 fully saturated rings. The average Bonchev–Trinajstić information content (AvgIpc) is 3.15. The number of halogens is 1. The van der Waals surface area contributed by atoms with Crippen molar-refractivity contribution in [2.24, 2.45) is 5.92 Å². The molecule has 6 nitrogen and oxygen atoms in total. The second kappa shape index (κ2) is 11.1. The minimum Gasteiger partial charge on any atom is -0.481 e. The van der Waals surface area contributed by atoms with Crippen LogP contribution >= 0.6 is 23.1 Å². The van der Waals surface area contributed by atoms with E-state index in [1.54, 1.807) is 0 Å². The number of aliphatic carboxylic acids is 1. The number of carboxylic acid groups (broad SMARTS) is 1. The maximum atomic E-state index is 11.4. The Hall–Kier alpha value is -1.86. The smallest absolute Gasteiger partial charge is 0.303 e. The molecule has 1 aromatic carbocycles. The van der Waals surface area contributed by atoms with Crippen LogP contribution in [-0.2, 0) is 4.79 Å². The molecule has 0 aliphatic heterocycles. The maximum absolute atomic E-state index is 11.4. The average molecular weight is 465 g/mol. The summed E-state index contributed by atoms with van der Waals surface area (Å²) < 4.78 is 4.08. The number of hydrogen-bond donors (Lipinski definition) is 2. The normalized spacial score (nSPS) is 15.8. The first-order chi connectivity index (χ1) is 14.9. The van der Waals surface area contributed by atoms with Crippen molar-refractivity contribution in [1.29, 1.82) is 0 Å². The van der Waals surface area contributed by atoms with E-state index in [4.69, 9.17) is 11.6 Å². The van der Waals surface area contributed by atoms with Gasteiger partial charge in [0, 0.05) is 24.1 Å². The van der Waals surface area contributed by atoms with E-state index in [0.717, 1.165) is 29.9 Å². The highest BCUT2D eigenvalue weighted by Gasteiger charge is 2.25. The van der Waals surface area contributed by atoms with Gasteiger partial charge >= 0.3 is 5.97 Å². The highest BCUT2D eigenvalue weighted by molar-refractivity contribution is 7.10. The molecule has 0 saturated heterocycles. The molecule has 31 heavy (non-hydrogen) atoms. The van der Waals surface area contributed by atoms with Gasteiger partial charge in [-0.25, -0.2) is 0 Å². The van der Waals surface area contributed by atoms with Crippen molar-refractivity contribution in [3.8, 4) is 0 Å². The molecule has 0 amide bonds. The third-order valence-corrected chi connectivity index (χ3v) is 6.84. The lowest BCUT2D eigenvalue weighted by Gasteiger charge is -2.38. The monoisotopic (exact) mass is 464 g/mol. The van der Waals surface area contributed by atoms with E-state index in [1.807, 2.05) is 6.92 Å². The predicted octanol–water partition coefficient (Wildman–Crippen LogP) is 6.70. The standard InChI is InChI=1S/C23H33ClN4O2S/c1-4-16(13-21(29)30)17-10-11-20(19(12-17)25-23-26-22(24)27-31-23)28(14-15(2)3)18-8-6-5-7-9-18/h10-12,15-16,18H,4-9,13-14H2,1-3H3,(H,29,30)(H,25,26,27)/t16-/m1/s1. The number of aromatic nitrogens is 2. The van der Waals surface area contributed by atoms with Gasteiger partial charge in [-0.3, -0.25) is 4.79 Å².